The Morgan fingerprint density at radius 3 is 2.69 bits per heavy atom. The summed E-state index contributed by atoms with van der Waals surface area (Å²) in [6, 6.07) is 6.93. The lowest BCUT2D eigenvalue weighted by atomic mass is 9.97. The summed E-state index contributed by atoms with van der Waals surface area (Å²) in [7, 11) is 0. The monoisotopic (exact) mass is 242 g/mol. The van der Waals surface area contributed by atoms with Crippen molar-refractivity contribution in [1.82, 2.24) is 0 Å². The van der Waals surface area contributed by atoms with Crippen LogP contribution < -0.4 is 4.74 Å². The lowest BCUT2D eigenvalue weighted by Gasteiger charge is -2.16. The predicted molar refractivity (Wildman–Crippen MR) is 62.9 cm³/mol. The fourth-order valence-electron chi connectivity index (χ4n) is 1.29. The van der Waals surface area contributed by atoms with Crippen molar-refractivity contribution in [2.45, 2.75) is 13.8 Å². The zero-order valence-corrected chi connectivity index (χ0v) is 10.1. The van der Waals surface area contributed by atoms with E-state index in [9.17, 15) is 4.79 Å². The molecule has 0 saturated carbocycles. The van der Waals surface area contributed by atoms with E-state index in [0.717, 1.165) is 0 Å². The van der Waals surface area contributed by atoms with Crippen LogP contribution in [0.15, 0.2) is 24.3 Å². The first-order valence-corrected chi connectivity index (χ1v) is 5.49. The second kappa shape index (κ2) is 5.75. The Morgan fingerprint density at radius 1 is 1.50 bits per heavy atom. The molecule has 1 aromatic rings. The van der Waals surface area contributed by atoms with Crippen LogP contribution in [-0.4, -0.2) is 17.7 Å². The summed E-state index contributed by atoms with van der Waals surface area (Å²) in [4.78, 5) is 10.9. The van der Waals surface area contributed by atoms with Gasteiger partial charge in [0.2, 0.25) is 0 Å². The van der Waals surface area contributed by atoms with Crippen LogP contribution in [0.25, 0.3) is 0 Å². The Morgan fingerprint density at radius 2 is 2.19 bits per heavy atom. The van der Waals surface area contributed by atoms with Gasteiger partial charge in [0.15, 0.2) is 0 Å². The highest BCUT2D eigenvalue weighted by Gasteiger charge is 2.22. The minimum atomic E-state index is -0.836. The Balaban J connectivity index is 2.59. The second-order valence-corrected chi connectivity index (χ2v) is 4.39. The van der Waals surface area contributed by atoms with Crippen molar-refractivity contribution in [2.75, 3.05) is 6.61 Å². The average molecular weight is 243 g/mol. The van der Waals surface area contributed by atoms with Gasteiger partial charge in [0, 0.05) is 5.02 Å². The van der Waals surface area contributed by atoms with Crippen LogP contribution in [-0.2, 0) is 4.79 Å². The van der Waals surface area contributed by atoms with Crippen molar-refractivity contribution in [3.05, 3.63) is 29.3 Å². The fraction of sp³-hybridized carbons (Fsp3) is 0.417. The van der Waals surface area contributed by atoms with Gasteiger partial charge in [-0.2, -0.15) is 0 Å². The lowest BCUT2D eigenvalue weighted by molar-refractivity contribution is -0.144. The lowest BCUT2D eigenvalue weighted by Crippen LogP contribution is -2.26. The quantitative estimate of drug-likeness (QED) is 0.863. The molecule has 1 rings (SSSR count). The third-order valence-corrected chi connectivity index (χ3v) is 2.58. The maximum absolute atomic E-state index is 10.9. The number of ether oxygens (including phenoxy) is 1. The third-order valence-electron chi connectivity index (χ3n) is 2.35. The summed E-state index contributed by atoms with van der Waals surface area (Å²) in [6.07, 6.45) is 0. The molecule has 0 bridgehead atoms. The van der Waals surface area contributed by atoms with Crippen molar-refractivity contribution in [2.24, 2.45) is 11.8 Å². The maximum atomic E-state index is 10.9. The van der Waals surface area contributed by atoms with Crippen LogP contribution in [0.1, 0.15) is 13.8 Å². The second-order valence-electron chi connectivity index (χ2n) is 3.96. The molecule has 0 saturated heterocycles. The highest BCUT2D eigenvalue weighted by Crippen LogP contribution is 2.19. The molecule has 3 nitrogen and oxygen atoms in total. The number of halogens is 1. The van der Waals surface area contributed by atoms with E-state index < -0.39 is 11.9 Å². The van der Waals surface area contributed by atoms with Gasteiger partial charge in [0.1, 0.15) is 12.4 Å². The molecule has 0 aliphatic rings. The van der Waals surface area contributed by atoms with Crippen LogP contribution in [0.5, 0.6) is 5.75 Å². The Hall–Kier alpha value is -1.22. The van der Waals surface area contributed by atoms with Crippen molar-refractivity contribution >= 4 is 17.6 Å². The van der Waals surface area contributed by atoms with Gasteiger partial charge in [-0.25, -0.2) is 0 Å². The fourth-order valence-corrected chi connectivity index (χ4v) is 1.47. The van der Waals surface area contributed by atoms with Crippen molar-refractivity contribution in [3.63, 3.8) is 0 Å². The van der Waals surface area contributed by atoms with Crippen molar-refractivity contribution in [1.29, 1.82) is 0 Å². The molecule has 88 valence electrons. The van der Waals surface area contributed by atoms with Gasteiger partial charge in [-0.1, -0.05) is 31.5 Å². The summed E-state index contributed by atoms with van der Waals surface area (Å²) in [5.41, 5.74) is 0. The first-order chi connectivity index (χ1) is 7.50. The molecule has 1 atom stereocenters. The number of carboxylic acids is 1. The van der Waals surface area contributed by atoms with Gasteiger partial charge < -0.3 is 9.84 Å². The molecule has 0 aliphatic heterocycles. The van der Waals surface area contributed by atoms with Gasteiger partial charge in [-0.05, 0) is 24.1 Å². The molecule has 0 amide bonds. The van der Waals surface area contributed by atoms with Crippen LogP contribution >= 0.6 is 11.6 Å². The number of benzene rings is 1. The minimum absolute atomic E-state index is 0.0386. The van der Waals surface area contributed by atoms with Crippen molar-refractivity contribution < 1.29 is 14.6 Å². The zero-order chi connectivity index (χ0) is 12.1. The topological polar surface area (TPSA) is 46.5 Å². The first-order valence-electron chi connectivity index (χ1n) is 5.12. The van der Waals surface area contributed by atoms with Crippen LogP contribution in [0.3, 0.4) is 0 Å². The normalized spacial score (nSPS) is 12.5. The molecule has 1 aromatic carbocycles. The Labute approximate surface area is 100.0 Å². The molecule has 0 aromatic heterocycles. The Kier molecular flexibility index (Phi) is 4.62. The molecule has 0 aliphatic carbocycles. The standard InChI is InChI=1S/C12H15ClO3/c1-8(2)11(12(14)15)7-16-10-5-3-4-9(13)6-10/h3-6,8,11H,7H2,1-2H3,(H,14,15). The summed E-state index contributed by atoms with van der Waals surface area (Å²) in [5, 5.41) is 9.55. The summed E-state index contributed by atoms with van der Waals surface area (Å²) in [6.45, 7) is 3.88. The number of carboxylic acid groups (broad SMARTS) is 1. The van der Waals surface area contributed by atoms with Crippen LogP contribution in [0, 0.1) is 11.8 Å². The largest absolute Gasteiger partial charge is 0.493 e. The number of hydrogen-bond acceptors (Lipinski definition) is 2. The van der Waals surface area contributed by atoms with Gasteiger partial charge in [-0.15, -0.1) is 0 Å². The molecule has 1 N–H and O–H groups in total. The zero-order valence-electron chi connectivity index (χ0n) is 9.31. The smallest absolute Gasteiger partial charge is 0.310 e. The number of aliphatic carboxylic acids is 1. The van der Waals surface area contributed by atoms with E-state index in [1.165, 1.54) is 0 Å². The summed E-state index contributed by atoms with van der Waals surface area (Å²) < 4.78 is 5.41. The predicted octanol–water partition coefficient (Wildman–Crippen LogP) is 3.08. The van der Waals surface area contributed by atoms with Crippen molar-refractivity contribution in [3.8, 4) is 5.75 Å². The molecule has 4 heteroatoms. The number of hydrogen-bond donors (Lipinski definition) is 1. The van der Waals surface area contributed by atoms with Gasteiger partial charge in [0.25, 0.3) is 0 Å². The van der Waals surface area contributed by atoms with E-state index >= 15 is 0 Å². The highest BCUT2D eigenvalue weighted by atomic mass is 35.5. The highest BCUT2D eigenvalue weighted by molar-refractivity contribution is 6.30. The third kappa shape index (κ3) is 3.74. The van der Waals surface area contributed by atoms with E-state index in [-0.39, 0.29) is 12.5 Å². The molecule has 0 heterocycles. The molecule has 16 heavy (non-hydrogen) atoms. The van der Waals surface area contributed by atoms with E-state index in [1.54, 1.807) is 24.3 Å². The first kappa shape index (κ1) is 12.8. The van der Waals surface area contributed by atoms with E-state index in [2.05, 4.69) is 0 Å². The molecule has 1 unspecified atom stereocenters. The maximum Gasteiger partial charge on any atom is 0.310 e. The average Bonchev–Trinajstić information content (AvgIpc) is 2.16. The van der Waals surface area contributed by atoms with E-state index in [4.69, 9.17) is 21.4 Å². The molecular formula is C12H15ClO3. The molecule has 0 fully saturated rings. The SMILES string of the molecule is CC(C)C(COc1cccc(Cl)c1)C(=O)O. The van der Waals surface area contributed by atoms with Gasteiger partial charge in [0.05, 0.1) is 5.92 Å². The van der Waals surface area contributed by atoms with Gasteiger partial charge >= 0.3 is 5.97 Å². The van der Waals surface area contributed by atoms with E-state index in [1.807, 2.05) is 13.8 Å². The molecular weight excluding hydrogens is 228 g/mol. The minimum Gasteiger partial charge on any atom is -0.493 e. The van der Waals surface area contributed by atoms with E-state index in [0.29, 0.717) is 10.8 Å². The number of rotatable bonds is 5. The molecule has 0 spiro atoms. The Bertz CT molecular complexity index is 363. The van der Waals surface area contributed by atoms with Gasteiger partial charge in [-0.3, -0.25) is 4.79 Å². The molecule has 0 radical (unpaired) electrons. The van der Waals surface area contributed by atoms with Crippen LogP contribution in [0.2, 0.25) is 5.02 Å². The summed E-state index contributed by atoms with van der Waals surface area (Å²) >= 11 is 5.79. The number of carbonyl (C=O) groups is 1. The summed E-state index contributed by atoms with van der Waals surface area (Å²) in [5.74, 6) is -0.702. The van der Waals surface area contributed by atoms with Crippen LogP contribution in [0.4, 0.5) is 0 Å².